The second-order valence-corrected chi connectivity index (χ2v) is 7.78. The van der Waals surface area contributed by atoms with Crippen LogP contribution in [0.25, 0.3) is 0 Å². The van der Waals surface area contributed by atoms with Crippen molar-refractivity contribution in [3.63, 3.8) is 0 Å². The van der Waals surface area contributed by atoms with Gasteiger partial charge in [-0.2, -0.15) is 0 Å². The maximum atomic E-state index is 9.31. The summed E-state index contributed by atoms with van der Waals surface area (Å²) < 4.78 is 5.72. The monoisotopic (exact) mass is 272 g/mol. The summed E-state index contributed by atoms with van der Waals surface area (Å²) in [6.07, 6.45) is 5.23. The minimum Gasteiger partial charge on any atom is -0.394 e. The quantitative estimate of drug-likeness (QED) is 0.837. The Morgan fingerprint density at radius 2 is 1.65 bits per heavy atom. The molecule has 108 valence electrons. The van der Waals surface area contributed by atoms with Gasteiger partial charge in [0.05, 0.1) is 6.61 Å². The van der Waals surface area contributed by atoms with E-state index in [0.717, 1.165) is 0 Å². The maximum Gasteiger partial charge on any atom is 0.119 e. The number of aliphatic hydroxyl groups is 1. The van der Waals surface area contributed by atoms with Gasteiger partial charge in [-0.05, 0) is 60.1 Å². The minimum absolute atomic E-state index is 0.0234. The molecule has 1 unspecified atom stereocenters. The molecule has 0 amide bonds. The first-order chi connectivity index (χ1) is 9.41. The van der Waals surface area contributed by atoms with Crippen LogP contribution in [0.15, 0.2) is 18.2 Å². The predicted molar refractivity (Wildman–Crippen MR) is 78.9 cm³/mol. The highest BCUT2D eigenvalue weighted by Crippen LogP contribution is 2.57. The van der Waals surface area contributed by atoms with E-state index >= 15 is 0 Å². The van der Waals surface area contributed by atoms with Crippen molar-refractivity contribution >= 4 is 0 Å². The van der Waals surface area contributed by atoms with Gasteiger partial charge in [0.1, 0.15) is 11.7 Å². The molecule has 4 aliphatic rings. The molecule has 0 spiro atoms. The smallest absolute Gasteiger partial charge is 0.119 e. The van der Waals surface area contributed by atoms with E-state index < -0.39 is 0 Å². The fraction of sp³-hybridized carbons (Fsp3) is 0.667. The molecule has 2 atom stereocenters. The van der Waals surface area contributed by atoms with Crippen molar-refractivity contribution in [2.24, 2.45) is 0 Å². The average Bonchev–Trinajstić information content (AvgIpc) is 3.14. The summed E-state index contributed by atoms with van der Waals surface area (Å²) in [5.74, 6) is 0. The molecule has 1 aromatic rings. The number of aliphatic hydroxyl groups excluding tert-OH is 1. The highest BCUT2D eigenvalue weighted by molar-refractivity contribution is 5.48. The molecule has 1 heterocycles. The Bertz CT molecular complexity index is 569. The molecule has 2 heteroatoms. The third-order valence-corrected chi connectivity index (χ3v) is 6.46. The summed E-state index contributed by atoms with van der Waals surface area (Å²) in [6, 6.07) is 6.94. The second-order valence-electron chi connectivity index (χ2n) is 7.78. The molecule has 2 fully saturated rings. The Balaban J connectivity index is 1.82. The molecule has 1 saturated carbocycles. The SMILES string of the molecule is CC12CCC(C)(CC1)c1cc([C@@]3(C)OC3CO)ccc12. The molecule has 0 radical (unpaired) electrons. The molecule has 1 aromatic carbocycles. The number of ether oxygens (including phenoxy) is 1. The average molecular weight is 272 g/mol. The summed E-state index contributed by atoms with van der Waals surface area (Å²) in [5.41, 5.74) is 4.82. The zero-order valence-electron chi connectivity index (χ0n) is 12.7. The van der Waals surface area contributed by atoms with Crippen LogP contribution in [0.2, 0.25) is 0 Å². The van der Waals surface area contributed by atoms with Gasteiger partial charge >= 0.3 is 0 Å². The lowest BCUT2D eigenvalue weighted by Gasteiger charge is -2.52. The number of fused-ring (bicyclic) bond motifs is 2. The van der Waals surface area contributed by atoms with Gasteiger partial charge in [-0.1, -0.05) is 32.0 Å². The molecule has 1 saturated heterocycles. The maximum absolute atomic E-state index is 9.31. The topological polar surface area (TPSA) is 32.8 Å². The number of rotatable bonds is 2. The van der Waals surface area contributed by atoms with Gasteiger partial charge in [0, 0.05) is 0 Å². The summed E-state index contributed by atoms with van der Waals surface area (Å²) in [5, 5.41) is 9.31. The van der Waals surface area contributed by atoms with Crippen LogP contribution < -0.4 is 0 Å². The van der Waals surface area contributed by atoms with Crippen LogP contribution in [0.3, 0.4) is 0 Å². The molecule has 20 heavy (non-hydrogen) atoms. The van der Waals surface area contributed by atoms with Crippen molar-refractivity contribution in [2.75, 3.05) is 6.61 Å². The van der Waals surface area contributed by atoms with Gasteiger partial charge in [-0.25, -0.2) is 0 Å². The van der Waals surface area contributed by atoms with Crippen molar-refractivity contribution < 1.29 is 9.84 Å². The molecule has 0 aromatic heterocycles. The lowest BCUT2D eigenvalue weighted by Crippen LogP contribution is -2.44. The van der Waals surface area contributed by atoms with Crippen LogP contribution in [0, 0.1) is 0 Å². The first-order valence-electron chi connectivity index (χ1n) is 7.86. The Morgan fingerprint density at radius 1 is 1.05 bits per heavy atom. The molecule has 1 aliphatic heterocycles. The van der Waals surface area contributed by atoms with Crippen LogP contribution >= 0.6 is 0 Å². The van der Waals surface area contributed by atoms with Crippen LogP contribution in [-0.2, 0) is 21.2 Å². The van der Waals surface area contributed by atoms with Crippen molar-refractivity contribution in [1.82, 2.24) is 0 Å². The van der Waals surface area contributed by atoms with E-state index in [0.29, 0.717) is 10.8 Å². The Morgan fingerprint density at radius 3 is 2.20 bits per heavy atom. The Hall–Kier alpha value is -0.860. The van der Waals surface area contributed by atoms with Crippen molar-refractivity contribution in [3.05, 3.63) is 34.9 Å². The van der Waals surface area contributed by atoms with E-state index in [1.165, 1.54) is 31.2 Å². The highest BCUT2D eigenvalue weighted by atomic mass is 16.6. The molecule has 2 bridgehead atoms. The third-order valence-electron chi connectivity index (χ3n) is 6.46. The molecular weight excluding hydrogens is 248 g/mol. The van der Waals surface area contributed by atoms with Crippen LogP contribution in [-0.4, -0.2) is 17.8 Å². The summed E-state index contributed by atoms with van der Waals surface area (Å²) in [6.45, 7) is 7.06. The Kier molecular flexibility index (Phi) is 2.35. The van der Waals surface area contributed by atoms with Crippen molar-refractivity contribution in [3.8, 4) is 0 Å². The lowest BCUT2D eigenvalue weighted by molar-refractivity contribution is 0.187. The van der Waals surface area contributed by atoms with Gasteiger partial charge in [-0.3, -0.25) is 0 Å². The fourth-order valence-electron chi connectivity index (χ4n) is 4.50. The zero-order valence-corrected chi connectivity index (χ0v) is 12.7. The summed E-state index contributed by atoms with van der Waals surface area (Å²) in [4.78, 5) is 0. The van der Waals surface area contributed by atoms with E-state index in [2.05, 4.69) is 39.0 Å². The van der Waals surface area contributed by atoms with Crippen LogP contribution in [0.1, 0.15) is 63.1 Å². The first-order valence-corrected chi connectivity index (χ1v) is 7.86. The second kappa shape index (κ2) is 3.66. The van der Waals surface area contributed by atoms with E-state index in [4.69, 9.17) is 4.74 Å². The molecule has 5 rings (SSSR count). The summed E-state index contributed by atoms with van der Waals surface area (Å²) in [7, 11) is 0. The number of epoxide rings is 1. The van der Waals surface area contributed by atoms with E-state index in [1.807, 2.05) is 0 Å². The van der Waals surface area contributed by atoms with Gasteiger partial charge in [0.15, 0.2) is 0 Å². The standard InChI is InChI=1S/C18H24O2/c1-16-6-8-17(2,9-7-16)14-10-12(4-5-13(14)16)18(3)15(11-19)20-18/h4-5,10,15,19H,6-9,11H2,1-3H3/t15?,16?,17?,18-/m1/s1. The lowest BCUT2D eigenvalue weighted by atomic mass is 9.52. The van der Waals surface area contributed by atoms with Crippen molar-refractivity contribution in [1.29, 1.82) is 0 Å². The van der Waals surface area contributed by atoms with Gasteiger partial charge in [0.25, 0.3) is 0 Å². The molecule has 1 N–H and O–H groups in total. The zero-order chi connectivity index (χ0) is 14.2. The Labute approximate surface area is 121 Å². The summed E-state index contributed by atoms with van der Waals surface area (Å²) >= 11 is 0. The van der Waals surface area contributed by atoms with Gasteiger partial charge in [0.2, 0.25) is 0 Å². The van der Waals surface area contributed by atoms with Crippen LogP contribution in [0.4, 0.5) is 0 Å². The predicted octanol–water partition coefficient (Wildman–Crippen LogP) is 3.40. The minimum atomic E-state index is -0.266. The van der Waals surface area contributed by atoms with Crippen molar-refractivity contribution in [2.45, 2.75) is 69.0 Å². The first kappa shape index (κ1) is 12.8. The molecule has 2 nitrogen and oxygen atoms in total. The molecular formula is C18H24O2. The van der Waals surface area contributed by atoms with Crippen LogP contribution in [0.5, 0.6) is 0 Å². The fourth-order valence-corrected chi connectivity index (χ4v) is 4.50. The van der Waals surface area contributed by atoms with Gasteiger partial charge < -0.3 is 9.84 Å². The molecule has 3 aliphatic carbocycles. The third kappa shape index (κ3) is 1.47. The van der Waals surface area contributed by atoms with E-state index in [9.17, 15) is 5.11 Å². The number of hydrogen-bond donors (Lipinski definition) is 1. The van der Waals surface area contributed by atoms with Gasteiger partial charge in [-0.15, -0.1) is 0 Å². The van der Waals surface area contributed by atoms with E-state index in [-0.39, 0.29) is 18.3 Å². The highest BCUT2D eigenvalue weighted by Gasteiger charge is 2.54. The number of benzene rings is 1. The largest absolute Gasteiger partial charge is 0.394 e. The normalized spacial score (nSPS) is 45.3. The number of hydrogen-bond acceptors (Lipinski definition) is 2. The van der Waals surface area contributed by atoms with E-state index in [1.54, 1.807) is 11.1 Å².